The van der Waals surface area contributed by atoms with Gasteiger partial charge < -0.3 is 20.1 Å². The van der Waals surface area contributed by atoms with E-state index in [1.54, 1.807) is 4.90 Å². The molecule has 2 rings (SSSR count). The Morgan fingerprint density at radius 1 is 1.12 bits per heavy atom. The van der Waals surface area contributed by atoms with E-state index in [0.717, 1.165) is 5.56 Å². The molecule has 1 aromatic rings. The molecule has 1 amide bonds. The number of piperazine rings is 1. The fourth-order valence-electron chi connectivity index (χ4n) is 2.56. The zero-order valence-corrected chi connectivity index (χ0v) is 15.8. The molecular weight excluding hydrogens is 369 g/mol. The molecule has 9 heteroatoms. The van der Waals surface area contributed by atoms with Crippen LogP contribution in [0.4, 0.5) is 4.79 Å². The van der Waals surface area contributed by atoms with Gasteiger partial charge in [-0.05, 0) is 5.56 Å². The lowest BCUT2D eigenvalue weighted by atomic mass is 10.2. The number of carbonyl (C=O) groups is 2. The molecule has 7 nitrogen and oxygen atoms in total. The number of hydrogen-bond donors (Lipinski definition) is 1. The van der Waals surface area contributed by atoms with Gasteiger partial charge in [0.2, 0.25) is 0 Å². The van der Waals surface area contributed by atoms with Crippen molar-refractivity contribution in [2.24, 2.45) is 5.73 Å². The van der Waals surface area contributed by atoms with Crippen molar-refractivity contribution < 1.29 is 19.1 Å². The van der Waals surface area contributed by atoms with Crippen molar-refractivity contribution in [3.8, 4) is 0 Å². The summed E-state index contributed by atoms with van der Waals surface area (Å²) in [6.45, 7) is 2.59. The molecule has 0 aromatic heterocycles. The molecule has 1 fully saturated rings. The molecule has 0 bridgehead atoms. The Hall–Kier alpha value is -1.54. The standard InChI is InChI=1S/C16H23N3O4.2ClH/c1-22-15(20)14(11-17)18-7-9-19(10-8-18)16(21)23-12-13-5-3-2-4-6-13;;/h2-6,14H,7-12,17H2,1H3;2*1H. The molecule has 0 radical (unpaired) electrons. The minimum absolute atomic E-state index is 0. The van der Waals surface area contributed by atoms with E-state index in [1.807, 2.05) is 35.2 Å². The first-order valence-corrected chi connectivity index (χ1v) is 7.63. The topological polar surface area (TPSA) is 85.1 Å². The number of nitrogens with zero attached hydrogens (tertiary/aromatic N) is 2. The van der Waals surface area contributed by atoms with E-state index in [2.05, 4.69) is 0 Å². The van der Waals surface area contributed by atoms with Crippen LogP contribution in [0, 0.1) is 0 Å². The highest BCUT2D eigenvalue weighted by atomic mass is 35.5. The summed E-state index contributed by atoms with van der Waals surface area (Å²) in [6, 6.07) is 9.09. The van der Waals surface area contributed by atoms with Crippen LogP contribution >= 0.6 is 24.8 Å². The molecule has 1 heterocycles. The van der Waals surface area contributed by atoms with Crippen molar-refractivity contribution >= 4 is 36.9 Å². The van der Waals surface area contributed by atoms with Gasteiger partial charge in [0.15, 0.2) is 0 Å². The monoisotopic (exact) mass is 393 g/mol. The Balaban J connectivity index is 0.00000288. The molecule has 25 heavy (non-hydrogen) atoms. The zero-order chi connectivity index (χ0) is 16.7. The van der Waals surface area contributed by atoms with Crippen molar-refractivity contribution in [1.82, 2.24) is 9.80 Å². The van der Waals surface area contributed by atoms with Crippen LogP contribution in [0.3, 0.4) is 0 Å². The molecule has 0 saturated carbocycles. The van der Waals surface area contributed by atoms with Crippen LogP contribution in [0.1, 0.15) is 5.56 Å². The zero-order valence-electron chi connectivity index (χ0n) is 14.1. The first kappa shape index (κ1) is 23.5. The summed E-state index contributed by atoms with van der Waals surface area (Å²) in [7, 11) is 1.35. The van der Waals surface area contributed by atoms with Crippen molar-refractivity contribution in [2.75, 3.05) is 39.8 Å². The maximum Gasteiger partial charge on any atom is 0.410 e. The number of esters is 1. The molecule has 0 spiro atoms. The second kappa shape index (κ2) is 11.9. The lowest BCUT2D eigenvalue weighted by Gasteiger charge is -2.37. The average molecular weight is 394 g/mol. The van der Waals surface area contributed by atoms with Crippen molar-refractivity contribution in [3.63, 3.8) is 0 Å². The Bertz CT molecular complexity index is 525. The summed E-state index contributed by atoms with van der Waals surface area (Å²) in [4.78, 5) is 27.3. The van der Waals surface area contributed by atoms with Gasteiger partial charge in [-0.1, -0.05) is 30.3 Å². The number of benzene rings is 1. The number of ether oxygens (including phenoxy) is 2. The summed E-state index contributed by atoms with van der Waals surface area (Å²) < 4.78 is 10.1. The van der Waals surface area contributed by atoms with Crippen LogP contribution in [0.2, 0.25) is 0 Å². The van der Waals surface area contributed by atoms with Crippen molar-refractivity contribution in [1.29, 1.82) is 0 Å². The predicted octanol–water partition coefficient (Wildman–Crippen LogP) is 1.28. The number of carbonyl (C=O) groups excluding carboxylic acids is 2. The van der Waals surface area contributed by atoms with E-state index in [1.165, 1.54) is 7.11 Å². The number of rotatable bonds is 5. The fraction of sp³-hybridized carbons (Fsp3) is 0.500. The minimum atomic E-state index is -0.456. The normalized spacial score (nSPS) is 15.4. The number of amides is 1. The Labute approximate surface area is 160 Å². The minimum Gasteiger partial charge on any atom is -0.468 e. The highest BCUT2D eigenvalue weighted by molar-refractivity contribution is 5.85. The summed E-state index contributed by atoms with van der Waals surface area (Å²) in [5.74, 6) is -0.340. The number of hydrogen-bond acceptors (Lipinski definition) is 6. The fourth-order valence-corrected chi connectivity index (χ4v) is 2.56. The number of nitrogens with two attached hydrogens (primary N) is 1. The van der Waals surface area contributed by atoms with E-state index < -0.39 is 6.04 Å². The Kier molecular flexibility index (Phi) is 11.2. The Morgan fingerprint density at radius 2 is 1.72 bits per heavy atom. The van der Waals surface area contributed by atoms with E-state index in [9.17, 15) is 9.59 Å². The number of methoxy groups -OCH3 is 1. The van der Waals surface area contributed by atoms with E-state index >= 15 is 0 Å². The van der Waals surface area contributed by atoms with Gasteiger partial charge in [0.05, 0.1) is 7.11 Å². The van der Waals surface area contributed by atoms with E-state index in [-0.39, 0.29) is 50.0 Å². The third-order valence-electron chi connectivity index (χ3n) is 3.91. The van der Waals surface area contributed by atoms with Crippen molar-refractivity contribution in [2.45, 2.75) is 12.6 Å². The van der Waals surface area contributed by atoms with Crippen LogP contribution in [-0.4, -0.2) is 67.7 Å². The molecule has 1 aliphatic rings. The number of halogens is 2. The maximum atomic E-state index is 12.1. The highest BCUT2D eigenvalue weighted by Gasteiger charge is 2.30. The van der Waals surface area contributed by atoms with Gasteiger partial charge in [0.25, 0.3) is 0 Å². The van der Waals surface area contributed by atoms with Gasteiger partial charge in [-0.25, -0.2) is 4.79 Å². The third-order valence-corrected chi connectivity index (χ3v) is 3.91. The first-order chi connectivity index (χ1) is 11.2. The molecule has 1 aliphatic heterocycles. The molecule has 1 unspecified atom stereocenters. The average Bonchev–Trinajstić information content (AvgIpc) is 2.61. The van der Waals surface area contributed by atoms with Gasteiger partial charge >= 0.3 is 12.1 Å². The van der Waals surface area contributed by atoms with Gasteiger partial charge in [-0.3, -0.25) is 9.69 Å². The summed E-state index contributed by atoms with van der Waals surface area (Å²) >= 11 is 0. The predicted molar refractivity (Wildman–Crippen MR) is 99.1 cm³/mol. The van der Waals surface area contributed by atoms with Gasteiger partial charge in [0, 0.05) is 32.7 Å². The molecule has 1 aromatic carbocycles. The van der Waals surface area contributed by atoms with Crippen molar-refractivity contribution in [3.05, 3.63) is 35.9 Å². The van der Waals surface area contributed by atoms with Crippen LogP contribution < -0.4 is 5.73 Å². The van der Waals surface area contributed by atoms with Crippen LogP contribution in [0.15, 0.2) is 30.3 Å². The van der Waals surface area contributed by atoms with Crippen LogP contribution in [0.25, 0.3) is 0 Å². The largest absolute Gasteiger partial charge is 0.468 e. The molecule has 0 aliphatic carbocycles. The van der Waals surface area contributed by atoms with Gasteiger partial charge in [-0.15, -0.1) is 24.8 Å². The SMILES string of the molecule is COC(=O)C(CN)N1CCN(C(=O)OCc2ccccc2)CC1.Cl.Cl. The molecule has 1 saturated heterocycles. The van der Waals surface area contributed by atoms with E-state index in [4.69, 9.17) is 15.2 Å². The molecular formula is C16H25Cl2N3O4. The lowest BCUT2D eigenvalue weighted by molar-refractivity contribution is -0.147. The smallest absolute Gasteiger partial charge is 0.410 e. The first-order valence-electron chi connectivity index (χ1n) is 7.63. The second-order valence-electron chi connectivity index (χ2n) is 5.34. The molecule has 1 atom stereocenters. The summed E-state index contributed by atoms with van der Waals surface area (Å²) in [6.07, 6.45) is -0.337. The highest BCUT2D eigenvalue weighted by Crippen LogP contribution is 2.10. The van der Waals surface area contributed by atoms with Crippen LogP contribution in [0.5, 0.6) is 0 Å². The molecule has 142 valence electrons. The Morgan fingerprint density at radius 3 is 2.24 bits per heavy atom. The summed E-state index contributed by atoms with van der Waals surface area (Å²) in [5.41, 5.74) is 6.59. The van der Waals surface area contributed by atoms with Crippen LogP contribution in [-0.2, 0) is 20.9 Å². The second-order valence-corrected chi connectivity index (χ2v) is 5.34. The summed E-state index contributed by atoms with van der Waals surface area (Å²) in [5, 5.41) is 0. The lowest BCUT2D eigenvalue weighted by Crippen LogP contribution is -2.56. The van der Waals surface area contributed by atoms with Gasteiger partial charge in [-0.2, -0.15) is 0 Å². The maximum absolute atomic E-state index is 12.1. The quantitative estimate of drug-likeness (QED) is 0.758. The van der Waals surface area contributed by atoms with E-state index in [0.29, 0.717) is 26.2 Å². The van der Waals surface area contributed by atoms with Gasteiger partial charge in [0.1, 0.15) is 12.6 Å². The third kappa shape index (κ3) is 6.70. The molecule has 2 N–H and O–H groups in total.